The van der Waals surface area contributed by atoms with Crippen LogP contribution >= 0.6 is 0 Å². The van der Waals surface area contributed by atoms with Gasteiger partial charge in [-0.3, -0.25) is 0 Å². The second kappa shape index (κ2) is 7.25. The van der Waals surface area contributed by atoms with Crippen LogP contribution in [-0.2, 0) is 4.79 Å². The standard InChI is InChI=1S/C8H9F.C4H8O/c1-6-3-4-7(2)8(9)5-6;1-2-3-4-5/h3-5H,1-2H3;4H,2-3H2,1H3. The lowest BCUT2D eigenvalue weighted by Crippen LogP contribution is -1.81. The van der Waals surface area contributed by atoms with E-state index >= 15 is 0 Å². The number of aryl methyl sites for hydroxylation is 2. The van der Waals surface area contributed by atoms with Crippen LogP contribution in [0.1, 0.15) is 30.9 Å². The minimum Gasteiger partial charge on any atom is -0.303 e. The molecule has 0 aliphatic heterocycles. The van der Waals surface area contributed by atoms with Crippen LogP contribution in [0.25, 0.3) is 0 Å². The van der Waals surface area contributed by atoms with Gasteiger partial charge in [0.15, 0.2) is 0 Å². The SMILES string of the molecule is CCCC=O.Cc1ccc(C)c(F)c1. The van der Waals surface area contributed by atoms with Crippen molar-refractivity contribution in [1.29, 1.82) is 0 Å². The van der Waals surface area contributed by atoms with Crippen molar-refractivity contribution in [1.82, 2.24) is 0 Å². The number of aldehydes is 1. The summed E-state index contributed by atoms with van der Waals surface area (Å²) in [7, 11) is 0. The quantitative estimate of drug-likeness (QED) is 0.662. The Balaban J connectivity index is 0.000000292. The highest BCUT2D eigenvalue weighted by molar-refractivity contribution is 5.48. The average molecular weight is 196 g/mol. The number of benzene rings is 1. The lowest BCUT2D eigenvalue weighted by Gasteiger charge is -1.94. The number of hydrogen-bond acceptors (Lipinski definition) is 1. The highest BCUT2D eigenvalue weighted by Crippen LogP contribution is 2.06. The highest BCUT2D eigenvalue weighted by atomic mass is 19.1. The van der Waals surface area contributed by atoms with Gasteiger partial charge in [0.1, 0.15) is 12.1 Å². The van der Waals surface area contributed by atoms with E-state index in [1.54, 1.807) is 13.0 Å². The van der Waals surface area contributed by atoms with Crippen LogP contribution in [-0.4, -0.2) is 6.29 Å². The maximum absolute atomic E-state index is 12.6. The smallest absolute Gasteiger partial charge is 0.126 e. The van der Waals surface area contributed by atoms with Gasteiger partial charge < -0.3 is 4.79 Å². The molecule has 0 spiro atoms. The molecule has 1 rings (SSSR count). The molecule has 0 radical (unpaired) electrons. The van der Waals surface area contributed by atoms with Gasteiger partial charge in [-0.2, -0.15) is 0 Å². The van der Waals surface area contributed by atoms with E-state index in [1.807, 2.05) is 19.9 Å². The Hall–Kier alpha value is -1.18. The molecule has 0 aromatic heterocycles. The molecule has 0 amide bonds. The molecule has 0 atom stereocenters. The molecule has 0 saturated carbocycles. The van der Waals surface area contributed by atoms with Gasteiger partial charge in [0.2, 0.25) is 0 Å². The Morgan fingerprint density at radius 3 is 2.29 bits per heavy atom. The molecule has 0 aliphatic carbocycles. The van der Waals surface area contributed by atoms with Gasteiger partial charge in [0, 0.05) is 6.42 Å². The number of halogens is 1. The van der Waals surface area contributed by atoms with Crippen molar-refractivity contribution in [3.8, 4) is 0 Å². The lowest BCUT2D eigenvalue weighted by atomic mass is 10.2. The topological polar surface area (TPSA) is 17.1 Å². The second-order valence-electron chi connectivity index (χ2n) is 3.21. The zero-order valence-corrected chi connectivity index (χ0v) is 9.01. The largest absolute Gasteiger partial charge is 0.303 e. The zero-order chi connectivity index (χ0) is 11.0. The van der Waals surface area contributed by atoms with E-state index < -0.39 is 0 Å². The lowest BCUT2D eigenvalue weighted by molar-refractivity contribution is -0.107. The molecule has 1 aromatic rings. The zero-order valence-electron chi connectivity index (χ0n) is 9.01. The van der Waals surface area contributed by atoms with Crippen LogP contribution in [0.5, 0.6) is 0 Å². The summed E-state index contributed by atoms with van der Waals surface area (Å²) in [6.45, 7) is 5.62. The molecule has 1 aromatic carbocycles. The fourth-order valence-electron chi connectivity index (χ4n) is 0.816. The highest BCUT2D eigenvalue weighted by Gasteiger charge is 1.93. The van der Waals surface area contributed by atoms with Crippen LogP contribution in [0, 0.1) is 19.7 Å². The molecule has 0 bridgehead atoms. The van der Waals surface area contributed by atoms with E-state index in [-0.39, 0.29) is 5.82 Å². The van der Waals surface area contributed by atoms with Gasteiger partial charge in [-0.25, -0.2) is 4.39 Å². The summed E-state index contributed by atoms with van der Waals surface area (Å²) >= 11 is 0. The molecule has 0 saturated heterocycles. The van der Waals surface area contributed by atoms with Gasteiger partial charge in [-0.15, -0.1) is 0 Å². The maximum Gasteiger partial charge on any atom is 0.126 e. The van der Waals surface area contributed by atoms with Crippen molar-refractivity contribution in [2.24, 2.45) is 0 Å². The van der Waals surface area contributed by atoms with Crippen LogP contribution in [0.2, 0.25) is 0 Å². The molecule has 78 valence electrons. The summed E-state index contributed by atoms with van der Waals surface area (Å²) in [4.78, 5) is 9.40. The van der Waals surface area contributed by atoms with Crippen molar-refractivity contribution in [2.75, 3.05) is 0 Å². The van der Waals surface area contributed by atoms with Gasteiger partial charge >= 0.3 is 0 Å². The van der Waals surface area contributed by atoms with E-state index in [0.717, 1.165) is 18.3 Å². The predicted molar refractivity (Wildman–Crippen MR) is 56.8 cm³/mol. The first kappa shape index (κ1) is 12.8. The summed E-state index contributed by atoms with van der Waals surface area (Å²) in [5.74, 6) is -0.116. The van der Waals surface area contributed by atoms with E-state index in [1.165, 1.54) is 6.07 Å². The molecule has 0 aliphatic rings. The maximum atomic E-state index is 12.6. The summed E-state index contributed by atoms with van der Waals surface area (Å²) in [6, 6.07) is 5.22. The second-order valence-corrected chi connectivity index (χ2v) is 3.21. The number of unbranched alkanes of at least 4 members (excludes halogenated alkanes) is 1. The van der Waals surface area contributed by atoms with Gasteiger partial charge in [0.25, 0.3) is 0 Å². The summed E-state index contributed by atoms with van der Waals surface area (Å²) in [6.07, 6.45) is 2.61. The Morgan fingerprint density at radius 1 is 1.36 bits per heavy atom. The molecule has 0 unspecified atom stereocenters. The summed E-state index contributed by atoms with van der Waals surface area (Å²) in [5.41, 5.74) is 1.68. The first-order chi connectivity index (χ1) is 6.61. The first-order valence-corrected chi connectivity index (χ1v) is 4.78. The number of carbonyl (C=O) groups excluding carboxylic acids is 1. The molecular formula is C12H17FO. The fraction of sp³-hybridized carbons (Fsp3) is 0.417. The number of carbonyl (C=O) groups is 1. The van der Waals surface area contributed by atoms with E-state index in [9.17, 15) is 9.18 Å². The Kier molecular flexibility index (Phi) is 6.63. The third-order valence-corrected chi connectivity index (χ3v) is 1.73. The minimum atomic E-state index is -0.116. The molecule has 14 heavy (non-hydrogen) atoms. The average Bonchev–Trinajstić information content (AvgIpc) is 2.14. The van der Waals surface area contributed by atoms with Crippen LogP contribution < -0.4 is 0 Å². The number of hydrogen-bond donors (Lipinski definition) is 0. The molecular weight excluding hydrogens is 179 g/mol. The van der Waals surface area contributed by atoms with Gasteiger partial charge in [0.05, 0.1) is 0 Å². The monoisotopic (exact) mass is 196 g/mol. The van der Waals surface area contributed by atoms with Crippen molar-refractivity contribution < 1.29 is 9.18 Å². The van der Waals surface area contributed by atoms with E-state index in [2.05, 4.69) is 0 Å². The third-order valence-electron chi connectivity index (χ3n) is 1.73. The molecule has 0 fully saturated rings. The molecule has 0 N–H and O–H groups in total. The van der Waals surface area contributed by atoms with E-state index in [4.69, 9.17) is 0 Å². The normalized spacial score (nSPS) is 8.86. The van der Waals surface area contributed by atoms with E-state index in [0.29, 0.717) is 12.0 Å². The van der Waals surface area contributed by atoms with Crippen molar-refractivity contribution in [3.05, 3.63) is 35.1 Å². The summed E-state index contributed by atoms with van der Waals surface area (Å²) in [5, 5.41) is 0. The van der Waals surface area contributed by atoms with Crippen molar-refractivity contribution >= 4 is 6.29 Å². The third kappa shape index (κ3) is 5.46. The minimum absolute atomic E-state index is 0.116. The van der Waals surface area contributed by atoms with Crippen LogP contribution in [0.3, 0.4) is 0 Å². The van der Waals surface area contributed by atoms with Gasteiger partial charge in [-0.1, -0.05) is 19.1 Å². The number of rotatable bonds is 2. The van der Waals surface area contributed by atoms with Gasteiger partial charge in [-0.05, 0) is 37.5 Å². The Labute approximate surface area is 85.0 Å². The molecule has 2 heteroatoms. The van der Waals surface area contributed by atoms with Crippen molar-refractivity contribution in [3.63, 3.8) is 0 Å². The Morgan fingerprint density at radius 2 is 2.00 bits per heavy atom. The molecule has 0 heterocycles. The van der Waals surface area contributed by atoms with Crippen LogP contribution in [0.15, 0.2) is 18.2 Å². The van der Waals surface area contributed by atoms with Crippen molar-refractivity contribution in [2.45, 2.75) is 33.6 Å². The summed E-state index contributed by atoms with van der Waals surface area (Å²) < 4.78 is 12.6. The first-order valence-electron chi connectivity index (χ1n) is 4.78. The van der Waals surface area contributed by atoms with Crippen LogP contribution in [0.4, 0.5) is 4.39 Å². The Bertz CT molecular complexity index is 282. The predicted octanol–water partition coefficient (Wildman–Crippen LogP) is 3.43. The molecule has 1 nitrogen and oxygen atoms in total. The fourth-order valence-corrected chi connectivity index (χ4v) is 0.816.